The van der Waals surface area contributed by atoms with Gasteiger partial charge in [0.15, 0.2) is 0 Å². The summed E-state index contributed by atoms with van der Waals surface area (Å²) in [6, 6.07) is 5.13. The summed E-state index contributed by atoms with van der Waals surface area (Å²) < 4.78 is 33.9. The van der Waals surface area contributed by atoms with Gasteiger partial charge in [-0.3, -0.25) is 4.79 Å². The van der Waals surface area contributed by atoms with E-state index in [4.69, 9.17) is 5.73 Å². The first-order valence-electron chi connectivity index (χ1n) is 5.85. The van der Waals surface area contributed by atoms with E-state index in [0.717, 1.165) is 5.56 Å². The molecule has 104 valence electrons. The first-order chi connectivity index (χ1) is 8.76. The highest BCUT2D eigenvalue weighted by Crippen LogP contribution is 2.29. The van der Waals surface area contributed by atoms with Crippen LogP contribution >= 0.6 is 0 Å². The van der Waals surface area contributed by atoms with Gasteiger partial charge in [-0.05, 0) is 30.7 Å². The lowest BCUT2D eigenvalue weighted by Crippen LogP contribution is -2.26. The smallest absolute Gasteiger partial charge is 0.302 e. The largest absolute Gasteiger partial charge is 0.399 e. The molecule has 0 aromatic heterocycles. The van der Waals surface area contributed by atoms with Crippen LogP contribution < -0.4 is 10.6 Å². The highest BCUT2D eigenvalue weighted by molar-refractivity contribution is 7.86. The highest BCUT2D eigenvalue weighted by atomic mass is 32.3. The Morgan fingerprint density at radius 1 is 1.47 bits per heavy atom. The molecule has 1 saturated heterocycles. The molecule has 0 aliphatic carbocycles. The molecule has 1 aliphatic rings. The Kier molecular flexibility index (Phi) is 3.49. The number of benzene rings is 1. The molecular formula is C12H15FN2O3S. The molecular weight excluding hydrogens is 271 g/mol. The molecule has 7 heteroatoms. The molecule has 1 aliphatic heterocycles. The van der Waals surface area contributed by atoms with Crippen molar-refractivity contribution < 1.29 is 17.1 Å². The zero-order valence-corrected chi connectivity index (χ0v) is 11.3. The van der Waals surface area contributed by atoms with E-state index in [2.05, 4.69) is 0 Å². The van der Waals surface area contributed by atoms with Crippen molar-refractivity contribution in [1.29, 1.82) is 0 Å². The summed E-state index contributed by atoms with van der Waals surface area (Å²) in [5.74, 6) is -1.30. The lowest BCUT2D eigenvalue weighted by molar-refractivity contribution is -0.117. The molecule has 0 radical (unpaired) electrons. The fourth-order valence-corrected chi connectivity index (χ4v) is 3.18. The number of anilines is 2. The monoisotopic (exact) mass is 286 g/mol. The van der Waals surface area contributed by atoms with E-state index < -0.39 is 21.9 Å². The Labute approximate surface area is 111 Å². The SMILES string of the molecule is Cc1cc(N)ccc1N1CC(CS(=O)(=O)F)CC1=O. The standard InChI is InChI=1S/C12H15FN2O3S/c1-8-4-10(14)2-3-11(8)15-6-9(5-12(15)16)7-19(13,17)18/h2-4,9H,5-7,14H2,1H3. The molecule has 1 unspecified atom stereocenters. The van der Waals surface area contributed by atoms with E-state index in [1.54, 1.807) is 18.2 Å². The molecule has 2 rings (SSSR count). The Morgan fingerprint density at radius 3 is 2.74 bits per heavy atom. The minimum Gasteiger partial charge on any atom is -0.399 e. The summed E-state index contributed by atoms with van der Waals surface area (Å²) in [6.45, 7) is 2.03. The topological polar surface area (TPSA) is 80.5 Å². The van der Waals surface area contributed by atoms with Crippen LogP contribution in [-0.2, 0) is 15.0 Å². The zero-order valence-electron chi connectivity index (χ0n) is 10.5. The number of hydrogen-bond donors (Lipinski definition) is 1. The van der Waals surface area contributed by atoms with Gasteiger partial charge in [0.05, 0.1) is 5.75 Å². The summed E-state index contributed by atoms with van der Waals surface area (Å²) in [5.41, 5.74) is 7.76. The van der Waals surface area contributed by atoms with Gasteiger partial charge in [-0.15, -0.1) is 3.89 Å². The number of nitrogens with zero attached hydrogens (tertiary/aromatic N) is 1. The van der Waals surface area contributed by atoms with Crippen molar-refractivity contribution in [2.75, 3.05) is 22.9 Å². The minimum atomic E-state index is -4.55. The number of aryl methyl sites for hydroxylation is 1. The van der Waals surface area contributed by atoms with Gasteiger partial charge in [0.1, 0.15) is 0 Å². The van der Waals surface area contributed by atoms with Crippen LogP contribution in [0.2, 0.25) is 0 Å². The number of halogens is 1. The number of nitrogens with two attached hydrogens (primary N) is 1. The van der Waals surface area contributed by atoms with Crippen LogP contribution in [-0.4, -0.2) is 26.6 Å². The van der Waals surface area contributed by atoms with Crippen molar-refractivity contribution in [3.8, 4) is 0 Å². The molecule has 0 spiro atoms. The third-order valence-corrected chi connectivity index (χ3v) is 4.02. The van der Waals surface area contributed by atoms with E-state index >= 15 is 0 Å². The Hall–Kier alpha value is -1.63. The van der Waals surface area contributed by atoms with Gasteiger partial charge >= 0.3 is 10.2 Å². The Bertz CT molecular complexity index is 615. The molecule has 1 heterocycles. The fourth-order valence-electron chi connectivity index (χ4n) is 2.39. The quantitative estimate of drug-likeness (QED) is 0.669. The normalized spacial score (nSPS) is 20.0. The van der Waals surface area contributed by atoms with E-state index in [1.807, 2.05) is 6.92 Å². The minimum absolute atomic E-state index is 0.0486. The van der Waals surface area contributed by atoms with E-state index in [0.29, 0.717) is 11.4 Å². The maximum absolute atomic E-state index is 12.7. The molecule has 1 aromatic carbocycles. The van der Waals surface area contributed by atoms with Crippen LogP contribution in [0.4, 0.5) is 15.3 Å². The van der Waals surface area contributed by atoms with Gasteiger partial charge in [-0.2, -0.15) is 8.42 Å². The second kappa shape index (κ2) is 4.80. The molecule has 5 nitrogen and oxygen atoms in total. The first kappa shape index (κ1) is 13.8. The van der Waals surface area contributed by atoms with Gasteiger partial charge in [-0.1, -0.05) is 0 Å². The van der Waals surface area contributed by atoms with Crippen LogP contribution in [0, 0.1) is 12.8 Å². The van der Waals surface area contributed by atoms with E-state index in [1.165, 1.54) is 4.90 Å². The van der Waals surface area contributed by atoms with Crippen LogP contribution in [0.3, 0.4) is 0 Å². The van der Waals surface area contributed by atoms with Gasteiger partial charge < -0.3 is 10.6 Å². The molecule has 1 atom stereocenters. The number of carbonyl (C=O) groups is 1. The predicted molar refractivity (Wildman–Crippen MR) is 70.9 cm³/mol. The van der Waals surface area contributed by atoms with Crippen molar-refractivity contribution in [3.63, 3.8) is 0 Å². The van der Waals surface area contributed by atoms with Crippen molar-refractivity contribution in [1.82, 2.24) is 0 Å². The Balaban J connectivity index is 2.20. The number of hydrogen-bond acceptors (Lipinski definition) is 4. The van der Waals surface area contributed by atoms with Gasteiger partial charge in [0.2, 0.25) is 5.91 Å². The third kappa shape index (κ3) is 3.23. The predicted octanol–water partition coefficient (Wildman–Crippen LogP) is 1.23. The summed E-state index contributed by atoms with van der Waals surface area (Å²) in [6.07, 6.45) is 0.0486. The molecule has 0 bridgehead atoms. The highest BCUT2D eigenvalue weighted by Gasteiger charge is 2.34. The van der Waals surface area contributed by atoms with Crippen LogP contribution in [0.5, 0.6) is 0 Å². The molecule has 0 saturated carbocycles. The molecule has 1 amide bonds. The third-order valence-electron chi connectivity index (χ3n) is 3.15. The van der Waals surface area contributed by atoms with Crippen molar-refractivity contribution >= 4 is 27.5 Å². The van der Waals surface area contributed by atoms with E-state index in [9.17, 15) is 17.1 Å². The maximum atomic E-state index is 12.7. The Morgan fingerprint density at radius 2 is 2.16 bits per heavy atom. The van der Waals surface area contributed by atoms with Crippen LogP contribution in [0.15, 0.2) is 18.2 Å². The van der Waals surface area contributed by atoms with Crippen LogP contribution in [0.25, 0.3) is 0 Å². The van der Waals surface area contributed by atoms with Gasteiger partial charge in [0, 0.05) is 30.3 Å². The summed E-state index contributed by atoms with van der Waals surface area (Å²) in [5, 5.41) is 0. The average molecular weight is 286 g/mol. The average Bonchev–Trinajstić information content (AvgIpc) is 2.56. The zero-order chi connectivity index (χ0) is 14.2. The summed E-state index contributed by atoms with van der Waals surface area (Å²) >= 11 is 0. The first-order valence-corrected chi connectivity index (χ1v) is 7.40. The second-order valence-corrected chi connectivity index (χ2v) is 6.24. The lowest BCUT2D eigenvalue weighted by atomic mass is 10.1. The van der Waals surface area contributed by atoms with E-state index in [-0.39, 0.29) is 18.9 Å². The van der Waals surface area contributed by atoms with Crippen molar-refractivity contribution in [2.24, 2.45) is 5.92 Å². The molecule has 2 N–H and O–H groups in total. The number of amides is 1. The number of nitrogen functional groups attached to an aromatic ring is 1. The second-order valence-electron chi connectivity index (χ2n) is 4.83. The lowest BCUT2D eigenvalue weighted by Gasteiger charge is -2.19. The van der Waals surface area contributed by atoms with Gasteiger partial charge in [0.25, 0.3) is 0 Å². The fraction of sp³-hybridized carbons (Fsp3) is 0.417. The van der Waals surface area contributed by atoms with Crippen molar-refractivity contribution in [3.05, 3.63) is 23.8 Å². The summed E-state index contributed by atoms with van der Waals surface area (Å²) in [4.78, 5) is 13.4. The summed E-state index contributed by atoms with van der Waals surface area (Å²) in [7, 11) is -4.55. The molecule has 1 aromatic rings. The number of carbonyl (C=O) groups excluding carboxylic acids is 1. The molecule has 19 heavy (non-hydrogen) atoms. The molecule has 1 fully saturated rings. The van der Waals surface area contributed by atoms with Crippen molar-refractivity contribution in [2.45, 2.75) is 13.3 Å². The number of rotatable bonds is 3. The maximum Gasteiger partial charge on any atom is 0.302 e. The van der Waals surface area contributed by atoms with Crippen LogP contribution in [0.1, 0.15) is 12.0 Å². The van der Waals surface area contributed by atoms with Gasteiger partial charge in [-0.25, -0.2) is 0 Å².